The van der Waals surface area contributed by atoms with Crippen LogP contribution in [0, 0.1) is 23.4 Å². The molecule has 2 N–H and O–H groups in total. The number of benzene rings is 2. The Kier molecular flexibility index (Phi) is 5.35. The number of fused-ring (bicyclic) bond motifs is 1. The maximum absolute atomic E-state index is 14.4. The topological polar surface area (TPSA) is 84.5 Å². The summed E-state index contributed by atoms with van der Waals surface area (Å²) in [4.78, 5) is 12.2. The zero-order valence-corrected chi connectivity index (χ0v) is 15.7. The van der Waals surface area contributed by atoms with Gasteiger partial charge in [0.05, 0.1) is 6.04 Å². The quantitative estimate of drug-likeness (QED) is 0.809. The molecule has 0 saturated heterocycles. The Labute approximate surface area is 159 Å². The van der Waals surface area contributed by atoms with Crippen LogP contribution >= 0.6 is 0 Å². The molecular formula is C18H17F3N2O4S. The normalized spacial score (nSPS) is 18.1. The monoisotopic (exact) mass is 414 g/mol. The lowest BCUT2D eigenvalue weighted by Crippen LogP contribution is -2.40. The van der Waals surface area contributed by atoms with Crippen molar-refractivity contribution in [2.75, 3.05) is 11.9 Å². The maximum Gasteiger partial charge on any atom is 0.262 e. The first-order chi connectivity index (χ1) is 13.1. The van der Waals surface area contributed by atoms with Crippen molar-refractivity contribution < 1.29 is 31.1 Å². The van der Waals surface area contributed by atoms with Gasteiger partial charge in [-0.1, -0.05) is 13.8 Å². The molecule has 0 bridgehead atoms. The van der Waals surface area contributed by atoms with Crippen LogP contribution in [0.2, 0.25) is 0 Å². The molecule has 1 unspecified atom stereocenters. The number of amides is 1. The molecule has 1 aliphatic heterocycles. The molecule has 0 saturated carbocycles. The third kappa shape index (κ3) is 3.83. The van der Waals surface area contributed by atoms with Crippen molar-refractivity contribution in [2.24, 2.45) is 5.92 Å². The Morgan fingerprint density at radius 2 is 1.82 bits per heavy atom. The third-order valence-corrected chi connectivity index (χ3v) is 5.80. The van der Waals surface area contributed by atoms with Gasteiger partial charge in [-0.3, -0.25) is 4.79 Å². The summed E-state index contributed by atoms with van der Waals surface area (Å²) in [6.45, 7) is 3.45. The molecule has 2 aromatic carbocycles. The number of halogens is 3. The molecule has 2 aromatic rings. The number of hydrogen-bond donors (Lipinski definition) is 2. The molecule has 28 heavy (non-hydrogen) atoms. The van der Waals surface area contributed by atoms with Crippen molar-refractivity contribution >= 4 is 21.6 Å². The highest BCUT2D eigenvalue weighted by Gasteiger charge is 2.34. The van der Waals surface area contributed by atoms with Crippen LogP contribution in [0.5, 0.6) is 5.75 Å². The summed E-state index contributed by atoms with van der Waals surface area (Å²) in [5.41, 5.74) is -0.771. The number of nitrogens with one attached hydrogen (secondary N) is 2. The Bertz CT molecular complexity index is 1040. The predicted molar refractivity (Wildman–Crippen MR) is 95.2 cm³/mol. The van der Waals surface area contributed by atoms with Crippen LogP contribution in [0.25, 0.3) is 0 Å². The van der Waals surface area contributed by atoms with E-state index in [4.69, 9.17) is 4.74 Å². The van der Waals surface area contributed by atoms with Gasteiger partial charge >= 0.3 is 0 Å². The van der Waals surface area contributed by atoms with Gasteiger partial charge in [0.25, 0.3) is 5.91 Å². The Hall–Kier alpha value is -2.59. The molecule has 0 spiro atoms. The number of rotatable bonds is 3. The van der Waals surface area contributed by atoms with Gasteiger partial charge in [0.2, 0.25) is 10.0 Å². The summed E-state index contributed by atoms with van der Waals surface area (Å²) in [6.07, 6.45) is 0. The number of carbonyl (C=O) groups excluding carboxylic acids is 1. The van der Waals surface area contributed by atoms with E-state index in [0.29, 0.717) is 0 Å². The molecule has 10 heteroatoms. The van der Waals surface area contributed by atoms with Gasteiger partial charge in [0, 0.05) is 11.8 Å². The van der Waals surface area contributed by atoms with Crippen LogP contribution in [0.4, 0.5) is 18.9 Å². The molecule has 1 heterocycles. The summed E-state index contributed by atoms with van der Waals surface area (Å²) in [7, 11) is -4.06. The third-order valence-electron chi connectivity index (χ3n) is 4.28. The smallest absolute Gasteiger partial charge is 0.262 e. The average Bonchev–Trinajstić information content (AvgIpc) is 2.74. The fourth-order valence-corrected chi connectivity index (χ4v) is 4.19. The zero-order chi connectivity index (χ0) is 20.6. The molecule has 1 atom stereocenters. The van der Waals surface area contributed by atoms with E-state index in [1.54, 1.807) is 13.8 Å². The second-order valence-electron chi connectivity index (χ2n) is 6.62. The van der Waals surface area contributed by atoms with Crippen LogP contribution in [-0.4, -0.2) is 27.0 Å². The van der Waals surface area contributed by atoms with Gasteiger partial charge < -0.3 is 10.1 Å². The summed E-state index contributed by atoms with van der Waals surface area (Å²) in [6, 6.07) is 3.86. The number of carbonyl (C=O) groups is 1. The second-order valence-corrected chi connectivity index (χ2v) is 8.30. The Balaban J connectivity index is 2.03. The van der Waals surface area contributed by atoms with Gasteiger partial charge in [-0.15, -0.1) is 0 Å². The maximum atomic E-state index is 14.4. The lowest BCUT2D eigenvalue weighted by molar-refractivity contribution is 0.101. The summed E-state index contributed by atoms with van der Waals surface area (Å²) < 4.78 is 74.0. The van der Waals surface area contributed by atoms with E-state index in [1.807, 2.05) is 0 Å². The van der Waals surface area contributed by atoms with E-state index in [9.17, 15) is 26.4 Å². The first-order valence-electron chi connectivity index (χ1n) is 8.34. The first-order valence-corrected chi connectivity index (χ1v) is 9.82. The minimum atomic E-state index is -4.06. The molecule has 0 fully saturated rings. The molecule has 1 aliphatic rings. The van der Waals surface area contributed by atoms with Gasteiger partial charge in [-0.05, 0) is 30.2 Å². The Morgan fingerprint density at radius 3 is 2.46 bits per heavy atom. The molecule has 150 valence electrons. The van der Waals surface area contributed by atoms with Gasteiger partial charge in [-0.25, -0.2) is 26.3 Å². The van der Waals surface area contributed by atoms with Crippen LogP contribution < -0.4 is 14.8 Å². The van der Waals surface area contributed by atoms with Crippen molar-refractivity contribution in [1.29, 1.82) is 0 Å². The van der Waals surface area contributed by atoms with Crippen LogP contribution in [0.3, 0.4) is 0 Å². The van der Waals surface area contributed by atoms with Crippen molar-refractivity contribution in [1.82, 2.24) is 4.72 Å². The highest BCUT2D eigenvalue weighted by molar-refractivity contribution is 7.89. The van der Waals surface area contributed by atoms with Gasteiger partial charge in [0.1, 0.15) is 22.9 Å². The lowest BCUT2D eigenvalue weighted by Gasteiger charge is -2.18. The SMILES string of the molecule is CC(C)C1COc2c(ccc(F)c2C(=O)Nc2ccc(F)c(F)c2)S(=O)(=O)N1. The number of hydrogen-bond acceptors (Lipinski definition) is 4. The van der Waals surface area contributed by atoms with E-state index < -0.39 is 50.7 Å². The molecule has 0 radical (unpaired) electrons. The van der Waals surface area contributed by atoms with Crippen LogP contribution in [0.15, 0.2) is 35.2 Å². The lowest BCUT2D eigenvalue weighted by atomic mass is 10.1. The Morgan fingerprint density at radius 1 is 1.14 bits per heavy atom. The second kappa shape index (κ2) is 7.44. The minimum absolute atomic E-state index is 0.112. The summed E-state index contributed by atoms with van der Waals surface area (Å²) >= 11 is 0. The summed E-state index contributed by atoms with van der Waals surface area (Å²) in [5.74, 6) is -4.94. The fraction of sp³-hybridized carbons (Fsp3) is 0.278. The van der Waals surface area contributed by atoms with Crippen molar-refractivity contribution in [3.05, 3.63) is 53.3 Å². The molecule has 3 rings (SSSR count). The van der Waals surface area contributed by atoms with Crippen molar-refractivity contribution in [3.8, 4) is 5.75 Å². The van der Waals surface area contributed by atoms with Crippen molar-refractivity contribution in [3.63, 3.8) is 0 Å². The molecule has 1 amide bonds. The molecule has 0 aliphatic carbocycles. The standard InChI is InChI=1S/C18H17F3N2O4S/c1-9(2)14-8-27-17-15(28(25,26)23-14)6-5-12(20)16(17)18(24)22-10-3-4-11(19)13(21)7-10/h3-7,9,14,23H,8H2,1-2H3,(H,22,24). The predicted octanol–water partition coefficient (Wildman–Crippen LogP) is 3.05. The number of anilines is 1. The van der Waals surface area contributed by atoms with E-state index in [-0.39, 0.29) is 23.1 Å². The molecule has 6 nitrogen and oxygen atoms in total. The zero-order valence-electron chi connectivity index (χ0n) is 14.9. The minimum Gasteiger partial charge on any atom is -0.490 e. The number of sulfonamides is 1. The first kappa shape index (κ1) is 20.2. The van der Waals surface area contributed by atoms with Crippen LogP contribution in [0.1, 0.15) is 24.2 Å². The van der Waals surface area contributed by atoms with E-state index in [1.165, 1.54) is 0 Å². The van der Waals surface area contributed by atoms with Crippen molar-refractivity contribution in [2.45, 2.75) is 24.8 Å². The molecule has 0 aromatic heterocycles. The highest BCUT2D eigenvalue weighted by Crippen LogP contribution is 2.33. The average molecular weight is 414 g/mol. The number of ether oxygens (including phenoxy) is 1. The fourth-order valence-electron chi connectivity index (χ4n) is 2.67. The van der Waals surface area contributed by atoms with Gasteiger partial charge in [-0.2, -0.15) is 0 Å². The largest absolute Gasteiger partial charge is 0.490 e. The summed E-state index contributed by atoms with van der Waals surface area (Å²) in [5, 5.41) is 2.22. The molecular weight excluding hydrogens is 397 g/mol. The van der Waals surface area contributed by atoms with E-state index >= 15 is 0 Å². The van der Waals surface area contributed by atoms with E-state index in [2.05, 4.69) is 10.0 Å². The highest BCUT2D eigenvalue weighted by atomic mass is 32.2. The van der Waals surface area contributed by atoms with Crippen LogP contribution in [-0.2, 0) is 10.0 Å². The van der Waals surface area contributed by atoms with Gasteiger partial charge in [0.15, 0.2) is 17.4 Å². The van der Waals surface area contributed by atoms with E-state index in [0.717, 1.165) is 30.3 Å².